The van der Waals surface area contributed by atoms with E-state index < -0.39 is 23.8 Å². The largest absolute Gasteiger partial charge is 0.444 e. The van der Waals surface area contributed by atoms with Crippen LogP contribution in [0.2, 0.25) is 0 Å². The van der Waals surface area contributed by atoms with E-state index in [1.807, 2.05) is 30.3 Å². The van der Waals surface area contributed by atoms with Gasteiger partial charge in [0.25, 0.3) is 0 Å². The first-order valence-electron chi connectivity index (χ1n) is 9.79. The molecule has 2 rings (SSSR count). The first-order valence-corrected chi connectivity index (χ1v) is 9.79. The summed E-state index contributed by atoms with van der Waals surface area (Å²) in [4.78, 5) is 25.0. The summed E-state index contributed by atoms with van der Waals surface area (Å²) in [5.74, 6) is -0.318. The van der Waals surface area contributed by atoms with Gasteiger partial charge in [0.2, 0.25) is 5.91 Å². The van der Waals surface area contributed by atoms with Crippen molar-refractivity contribution < 1.29 is 23.8 Å². The third kappa shape index (κ3) is 7.86. The van der Waals surface area contributed by atoms with Crippen LogP contribution in [0.4, 0.5) is 4.79 Å². The van der Waals surface area contributed by atoms with Crippen molar-refractivity contribution >= 4 is 12.0 Å². The molecule has 0 aliphatic carbocycles. The number of amides is 2. The van der Waals surface area contributed by atoms with Gasteiger partial charge in [-0.3, -0.25) is 4.79 Å². The number of nitrogens with one attached hydrogen (secondary N) is 2. The van der Waals surface area contributed by atoms with Gasteiger partial charge >= 0.3 is 6.09 Å². The minimum atomic E-state index is -0.875. The van der Waals surface area contributed by atoms with E-state index in [0.29, 0.717) is 13.2 Å². The van der Waals surface area contributed by atoms with Crippen LogP contribution >= 0.6 is 0 Å². The minimum Gasteiger partial charge on any atom is -0.444 e. The standard InChI is InChI=1S/C21H32N2O5/c1-15(27-14-16-9-6-5-7-10-16)18(23-20(25)28-21(2,3)4)19(24)22-13-17-11-8-12-26-17/h5-7,9-10,15,17-18H,8,11-14H2,1-4H3,(H,22,24)(H,23,25)/t15-,17+,18+/m0/s1. The number of carbonyl (C=O) groups is 2. The average Bonchev–Trinajstić information content (AvgIpc) is 3.15. The molecule has 0 bridgehead atoms. The molecule has 0 spiro atoms. The molecule has 1 aliphatic rings. The number of ether oxygens (including phenoxy) is 3. The van der Waals surface area contributed by atoms with Crippen molar-refractivity contribution in [3.63, 3.8) is 0 Å². The minimum absolute atomic E-state index is 0.0201. The highest BCUT2D eigenvalue weighted by atomic mass is 16.6. The molecule has 7 nitrogen and oxygen atoms in total. The Kier molecular flexibility index (Phi) is 8.26. The van der Waals surface area contributed by atoms with Crippen LogP contribution in [0.5, 0.6) is 0 Å². The molecule has 1 fully saturated rings. The van der Waals surface area contributed by atoms with Crippen LogP contribution in [0.3, 0.4) is 0 Å². The first kappa shape index (κ1) is 22.2. The van der Waals surface area contributed by atoms with Gasteiger partial charge in [-0.05, 0) is 46.1 Å². The van der Waals surface area contributed by atoms with Gasteiger partial charge in [0.1, 0.15) is 11.6 Å². The van der Waals surface area contributed by atoms with Crippen molar-refractivity contribution in [1.82, 2.24) is 10.6 Å². The first-order chi connectivity index (χ1) is 13.2. The van der Waals surface area contributed by atoms with Crippen molar-refractivity contribution in [2.75, 3.05) is 13.2 Å². The monoisotopic (exact) mass is 392 g/mol. The molecule has 156 valence electrons. The van der Waals surface area contributed by atoms with Crippen molar-refractivity contribution in [2.24, 2.45) is 0 Å². The molecule has 1 aliphatic heterocycles. The lowest BCUT2D eigenvalue weighted by Crippen LogP contribution is -2.54. The van der Waals surface area contributed by atoms with E-state index in [-0.39, 0.29) is 12.0 Å². The summed E-state index contributed by atoms with van der Waals surface area (Å²) < 4.78 is 16.7. The quantitative estimate of drug-likeness (QED) is 0.710. The summed E-state index contributed by atoms with van der Waals surface area (Å²) in [5, 5.41) is 5.50. The highest BCUT2D eigenvalue weighted by Crippen LogP contribution is 2.12. The normalized spacial score (nSPS) is 18.9. The van der Waals surface area contributed by atoms with Gasteiger partial charge in [-0.15, -0.1) is 0 Å². The van der Waals surface area contributed by atoms with E-state index in [9.17, 15) is 9.59 Å². The summed E-state index contributed by atoms with van der Waals surface area (Å²) in [7, 11) is 0. The second kappa shape index (κ2) is 10.4. The maximum Gasteiger partial charge on any atom is 0.408 e. The molecule has 1 saturated heterocycles. The molecule has 0 unspecified atom stereocenters. The fourth-order valence-electron chi connectivity index (χ4n) is 2.86. The molecule has 3 atom stereocenters. The van der Waals surface area contributed by atoms with Gasteiger partial charge in [-0.25, -0.2) is 4.79 Å². The average molecular weight is 392 g/mol. The van der Waals surface area contributed by atoms with Crippen molar-refractivity contribution in [1.29, 1.82) is 0 Å². The molecule has 1 aromatic rings. The Morgan fingerprint density at radius 1 is 1.25 bits per heavy atom. The molecule has 7 heteroatoms. The molecular weight excluding hydrogens is 360 g/mol. The zero-order chi connectivity index (χ0) is 20.6. The highest BCUT2D eigenvalue weighted by molar-refractivity contribution is 5.86. The van der Waals surface area contributed by atoms with Gasteiger partial charge in [-0.1, -0.05) is 30.3 Å². The molecule has 0 radical (unpaired) electrons. The van der Waals surface area contributed by atoms with E-state index in [1.165, 1.54) is 0 Å². The predicted octanol–water partition coefficient (Wildman–Crippen LogP) is 2.78. The molecule has 2 amide bonds. The van der Waals surface area contributed by atoms with E-state index in [1.54, 1.807) is 27.7 Å². The Labute approximate surface area is 167 Å². The molecule has 1 heterocycles. The van der Waals surface area contributed by atoms with Crippen LogP contribution in [0.15, 0.2) is 30.3 Å². The molecule has 1 aromatic carbocycles. The zero-order valence-electron chi connectivity index (χ0n) is 17.2. The summed E-state index contributed by atoms with van der Waals surface area (Å²) in [6.45, 7) is 8.55. The number of benzene rings is 1. The predicted molar refractivity (Wildman–Crippen MR) is 106 cm³/mol. The number of alkyl carbamates (subject to hydrolysis) is 1. The Bertz CT molecular complexity index is 623. The molecule has 2 N–H and O–H groups in total. The number of carbonyl (C=O) groups excluding carboxylic acids is 2. The Morgan fingerprint density at radius 3 is 2.57 bits per heavy atom. The Morgan fingerprint density at radius 2 is 1.96 bits per heavy atom. The van der Waals surface area contributed by atoms with Crippen molar-refractivity contribution in [2.45, 2.75) is 71.0 Å². The molecular formula is C21H32N2O5. The van der Waals surface area contributed by atoms with Gasteiger partial charge < -0.3 is 24.8 Å². The van der Waals surface area contributed by atoms with Gasteiger partial charge in [0.15, 0.2) is 0 Å². The topological polar surface area (TPSA) is 85.9 Å². The van der Waals surface area contributed by atoms with E-state index in [0.717, 1.165) is 25.0 Å². The third-order valence-electron chi connectivity index (χ3n) is 4.31. The Hall–Kier alpha value is -2.12. The van der Waals surface area contributed by atoms with Gasteiger partial charge in [0.05, 0.1) is 18.8 Å². The maximum atomic E-state index is 12.7. The lowest BCUT2D eigenvalue weighted by atomic mass is 10.1. The second-order valence-electron chi connectivity index (χ2n) is 8.01. The third-order valence-corrected chi connectivity index (χ3v) is 4.31. The Balaban J connectivity index is 1.96. The van der Waals surface area contributed by atoms with E-state index >= 15 is 0 Å². The van der Waals surface area contributed by atoms with Gasteiger partial charge in [-0.2, -0.15) is 0 Å². The zero-order valence-corrected chi connectivity index (χ0v) is 17.2. The lowest BCUT2D eigenvalue weighted by Gasteiger charge is -2.27. The van der Waals surface area contributed by atoms with Crippen LogP contribution < -0.4 is 10.6 Å². The fraction of sp³-hybridized carbons (Fsp3) is 0.619. The van der Waals surface area contributed by atoms with E-state index in [4.69, 9.17) is 14.2 Å². The molecule has 28 heavy (non-hydrogen) atoms. The van der Waals surface area contributed by atoms with Crippen LogP contribution in [0, 0.1) is 0 Å². The van der Waals surface area contributed by atoms with Gasteiger partial charge in [0, 0.05) is 13.2 Å². The summed E-state index contributed by atoms with van der Waals surface area (Å²) in [6.07, 6.45) is 0.741. The van der Waals surface area contributed by atoms with Crippen molar-refractivity contribution in [3.8, 4) is 0 Å². The smallest absolute Gasteiger partial charge is 0.408 e. The van der Waals surface area contributed by atoms with Crippen LogP contribution in [-0.2, 0) is 25.6 Å². The number of rotatable bonds is 8. The van der Waals surface area contributed by atoms with E-state index in [2.05, 4.69) is 10.6 Å². The lowest BCUT2D eigenvalue weighted by molar-refractivity contribution is -0.127. The SMILES string of the molecule is C[C@H](OCc1ccccc1)[C@@H](NC(=O)OC(C)(C)C)C(=O)NC[C@H]1CCCO1. The maximum absolute atomic E-state index is 12.7. The number of hydrogen-bond acceptors (Lipinski definition) is 5. The van der Waals surface area contributed by atoms with Crippen molar-refractivity contribution in [3.05, 3.63) is 35.9 Å². The fourth-order valence-corrected chi connectivity index (χ4v) is 2.86. The second-order valence-corrected chi connectivity index (χ2v) is 8.01. The van der Waals surface area contributed by atoms with Crippen LogP contribution in [0.25, 0.3) is 0 Å². The number of hydrogen-bond donors (Lipinski definition) is 2. The summed E-state index contributed by atoms with van der Waals surface area (Å²) >= 11 is 0. The summed E-state index contributed by atoms with van der Waals surface area (Å²) in [6, 6.07) is 8.79. The highest BCUT2D eigenvalue weighted by Gasteiger charge is 2.30. The van der Waals surface area contributed by atoms with Crippen LogP contribution in [-0.4, -0.2) is 49.0 Å². The van der Waals surface area contributed by atoms with Crippen LogP contribution in [0.1, 0.15) is 46.1 Å². The molecule has 0 saturated carbocycles. The molecule has 0 aromatic heterocycles. The summed E-state index contributed by atoms with van der Waals surface area (Å²) in [5.41, 5.74) is 0.335.